The Labute approximate surface area is 116 Å². The molecule has 0 fully saturated rings. The minimum absolute atomic E-state index is 0.214. The number of rotatable bonds is 2. The third-order valence-corrected chi connectivity index (χ3v) is 3.28. The van der Waals surface area contributed by atoms with Crippen LogP contribution in [0.1, 0.15) is 5.56 Å². The fraction of sp³-hybridized carbons (Fsp3) is 0.0625. The lowest BCUT2D eigenvalue weighted by Crippen LogP contribution is -1.97. The molecule has 3 rings (SSSR count). The first kappa shape index (κ1) is 12.3. The first-order chi connectivity index (χ1) is 9.65. The van der Waals surface area contributed by atoms with Crippen LogP contribution in [0.25, 0.3) is 10.8 Å². The number of nitrogens with one attached hydrogen (secondary N) is 1. The first-order valence-corrected chi connectivity index (χ1v) is 6.35. The minimum Gasteiger partial charge on any atom is -0.508 e. The summed E-state index contributed by atoms with van der Waals surface area (Å²) in [5.74, 6) is 0.948. The third kappa shape index (κ3) is 2.12. The van der Waals surface area contributed by atoms with E-state index in [1.807, 2.05) is 31.2 Å². The van der Waals surface area contributed by atoms with E-state index in [1.54, 1.807) is 24.4 Å². The topological polar surface area (TPSA) is 71.2 Å². The van der Waals surface area contributed by atoms with Gasteiger partial charge in [0.1, 0.15) is 11.6 Å². The van der Waals surface area contributed by atoms with Crippen molar-refractivity contribution < 1.29 is 5.11 Å². The standard InChI is InChI=1S/C16H15N3O/c1-10-5-6-14(17)13-7-8-18-16(15(10)13)19-11-3-2-4-12(20)9-11/h2-9,20H,17H2,1H3,(H,18,19). The highest BCUT2D eigenvalue weighted by molar-refractivity contribution is 6.02. The van der Waals surface area contributed by atoms with Gasteiger partial charge in [-0.05, 0) is 36.8 Å². The Balaban J connectivity index is 2.15. The Morgan fingerprint density at radius 3 is 2.80 bits per heavy atom. The van der Waals surface area contributed by atoms with Gasteiger partial charge in [0.2, 0.25) is 0 Å². The van der Waals surface area contributed by atoms with Crippen LogP contribution in [0.15, 0.2) is 48.7 Å². The van der Waals surface area contributed by atoms with Gasteiger partial charge in [-0.3, -0.25) is 0 Å². The highest BCUT2D eigenvalue weighted by Crippen LogP contribution is 2.31. The fourth-order valence-electron chi connectivity index (χ4n) is 2.30. The number of benzene rings is 2. The number of anilines is 3. The fourth-order valence-corrected chi connectivity index (χ4v) is 2.30. The number of pyridine rings is 1. The van der Waals surface area contributed by atoms with E-state index in [2.05, 4.69) is 10.3 Å². The van der Waals surface area contributed by atoms with E-state index in [-0.39, 0.29) is 5.75 Å². The highest BCUT2D eigenvalue weighted by Gasteiger charge is 2.08. The molecule has 0 radical (unpaired) electrons. The van der Waals surface area contributed by atoms with Crippen LogP contribution in [0.3, 0.4) is 0 Å². The van der Waals surface area contributed by atoms with Gasteiger partial charge in [-0.25, -0.2) is 4.98 Å². The van der Waals surface area contributed by atoms with Gasteiger partial charge in [-0.15, -0.1) is 0 Å². The van der Waals surface area contributed by atoms with E-state index in [0.29, 0.717) is 0 Å². The third-order valence-electron chi connectivity index (χ3n) is 3.28. The summed E-state index contributed by atoms with van der Waals surface area (Å²) in [4.78, 5) is 4.39. The monoisotopic (exact) mass is 265 g/mol. The molecule has 2 aromatic carbocycles. The Morgan fingerprint density at radius 2 is 2.00 bits per heavy atom. The SMILES string of the molecule is Cc1ccc(N)c2ccnc(Nc3cccc(O)c3)c12. The van der Waals surface area contributed by atoms with Crippen LogP contribution in [0.2, 0.25) is 0 Å². The molecule has 20 heavy (non-hydrogen) atoms. The predicted molar refractivity (Wildman–Crippen MR) is 82.3 cm³/mol. The molecule has 0 aliphatic carbocycles. The van der Waals surface area contributed by atoms with Gasteiger partial charge in [-0.1, -0.05) is 12.1 Å². The maximum atomic E-state index is 9.52. The van der Waals surface area contributed by atoms with E-state index >= 15 is 0 Å². The number of aromatic hydroxyl groups is 1. The average molecular weight is 265 g/mol. The zero-order valence-corrected chi connectivity index (χ0v) is 11.1. The van der Waals surface area contributed by atoms with Crippen molar-refractivity contribution in [2.75, 3.05) is 11.1 Å². The van der Waals surface area contributed by atoms with Crippen molar-refractivity contribution in [1.29, 1.82) is 0 Å². The molecule has 0 spiro atoms. The predicted octanol–water partition coefficient (Wildman–Crippen LogP) is 3.57. The Bertz CT molecular complexity index is 784. The molecule has 0 aliphatic heterocycles. The number of hydrogen-bond acceptors (Lipinski definition) is 4. The Morgan fingerprint density at radius 1 is 1.15 bits per heavy atom. The average Bonchev–Trinajstić information content (AvgIpc) is 2.43. The summed E-state index contributed by atoms with van der Waals surface area (Å²) < 4.78 is 0. The summed E-state index contributed by atoms with van der Waals surface area (Å²) in [6.45, 7) is 2.02. The molecule has 1 heterocycles. The van der Waals surface area contributed by atoms with Crippen molar-refractivity contribution in [3.05, 3.63) is 54.2 Å². The summed E-state index contributed by atoms with van der Waals surface area (Å²) in [6.07, 6.45) is 1.73. The second-order valence-electron chi connectivity index (χ2n) is 4.73. The summed E-state index contributed by atoms with van der Waals surface area (Å²) in [6, 6.07) is 12.7. The number of phenols is 1. The number of nitrogens with two attached hydrogens (primary N) is 1. The smallest absolute Gasteiger partial charge is 0.138 e. The molecule has 3 aromatic rings. The van der Waals surface area contributed by atoms with Gasteiger partial charge in [0.15, 0.2) is 0 Å². The quantitative estimate of drug-likeness (QED) is 0.619. The van der Waals surface area contributed by atoms with Crippen LogP contribution in [-0.2, 0) is 0 Å². The molecule has 0 atom stereocenters. The molecule has 0 amide bonds. The molecule has 0 saturated heterocycles. The Hall–Kier alpha value is -2.75. The molecule has 100 valence electrons. The maximum Gasteiger partial charge on any atom is 0.138 e. The molecule has 4 nitrogen and oxygen atoms in total. The molecule has 0 unspecified atom stereocenters. The molecule has 4 heteroatoms. The summed E-state index contributed by atoms with van der Waals surface area (Å²) in [5.41, 5.74) is 8.63. The number of phenolic OH excluding ortho intramolecular Hbond substituents is 1. The number of aryl methyl sites for hydroxylation is 1. The van der Waals surface area contributed by atoms with E-state index in [4.69, 9.17) is 5.73 Å². The number of hydrogen-bond donors (Lipinski definition) is 3. The highest BCUT2D eigenvalue weighted by atomic mass is 16.3. The molecule has 0 bridgehead atoms. The van der Waals surface area contributed by atoms with Crippen molar-refractivity contribution in [2.45, 2.75) is 6.92 Å². The molecular formula is C16H15N3O. The van der Waals surface area contributed by atoms with E-state index in [1.165, 1.54) is 0 Å². The second kappa shape index (κ2) is 4.74. The lowest BCUT2D eigenvalue weighted by molar-refractivity contribution is 0.475. The lowest BCUT2D eigenvalue weighted by Gasteiger charge is -2.12. The summed E-state index contributed by atoms with van der Waals surface area (Å²) in [7, 11) is 0. The maximum absolute atomic E-state index is 9.52. The largest absolute Gasteiger partial charge is 0.508 e. The van der Waals surface area contributed by atoms with Crippen LogP contribution in [0, 0.1) is 6.92 Å². The zero-order valence-electron chi connectivity index (χ0n) is 11.1. The number of fused-ring (bicyclic) bond motifs is 1. The van der Waals surface area contributed by atoms with Crippen LogP contribution in [0.4, 0.5) is 17.2 Å². The van der Waals surface area contributed by atoms with Gasteiger partial charge in [-0.2, -0.15) is 0 Å². The lowest BCUT2D eigenvalue weighted by atomic mass is 10.1. The number of aromatic nitrogens is 1. The number of nitrogen functional groups attached to an aromatic ring is 1. The van der Waals surface area contributed by atoms with Crippen molar-refractivity contribution in [3.8, 4) is 5.75 Å². The van der Waals surface area contributed by atoms with Gasteiger partial charge in [0.25, 0.3) is 0 Å². The molecular weight excluding hydrogens is 250 g/mol. The van der Waals surface area contributed by atoms with Gasteiger partial charge >= 0.3 is 0 Å². The summed E-state index contributed by atoms with van der Waals surface area (Å²) in [5, 5.41) is 14.7. The molecule has 0 saturated carbocycles. The number of nitrogens with zero attached hydrogens (tertiary/aromatic N) is 1. The van der Waals surface area contributed by atoms with Crippen molar-refractivity contribution in [2.24, 2.45) is 0 Å². The van der Waals surface area contributed by atoms with Crippen molar-refractivity contribution >= 4 is 28.0 Å². The van der Waals surface area contributed by atoms with E-state index in [9.17, 15) is 5.11 Å². The van der Waals surface area contributed by atoms with Gasteiger partial charge in [0, 0.05) is 34.4 Å². The minimum atomic E-state index is 0.214. The van der Waals surface area contributed by atoms with Crippen molar-refractivity contribution in [1.82, 2.24) is 4.98 Å². The molecule has 0 aliphatic rings. The summed E-state index contributed by atoms with van der Waals surface area (Å²) >= 11 is 0. The van der Waals surface area contributed by atoms with Crippen LogP contribution < -0.4 is 11.1 Å². The normalized spacial score (nSPS) is 10.7. The van der Waals surface area contributed by atoms with E-state index < -0.39 is 0 Å². The van der Waals surface area contributed by atoms with E-state index in [0.717, 1.165) is 33.5 Å². The van der Waals surface area contributed by atoms with Gasteiger partial charge < -0.3 is 16.2 Å². The van der Waals surface area contributed by atoms with Crippen LogP contribution in [0.5, 0.6) is 5.75 Å². The first-order valence-electron chi connectivity index (χ1n) is 6.35. The van der Waals surface area contributed by atoms with Crippen molar-refractivity contribution in [3.63, 3.8) is 0 Å². The molecule has 1 aromatic heterocycles. The van der Waals surface area contributed by atoms with Crippen LogP contribution >= 0.6 is 0 Å². The zero-order chi connectivity index (χ0) is 14.1. The molecule has 4 N–H and O–H groups in total. The van der Waals surface area contributed by atoms with Crippen LogP contribution in [-0.4, -0.2) is 10.1 Å². The van der Waals surface area contributed by atoms with Gasteiger partial charge in [0.05, 0.1) is 0 Å². The second-order valence-corrected chi connectivity index (χ2v) is 4.73. The Kier molecular flexibility index (Phi) is 2.91.